The molecule has 1 saturated heterocycles. The van der Waals surface area contributed by atoms with Gasteiger partial charge in [0.15, 0.2) is 0 Å². The van der Waals surface area contributed by atoms with E-state index in [2.05, 4.69) is 12.2 Å². The van der Waals surface area contributed by atoms with Crippen LogP contribution in [0, 0.1) is 5.41 Å². The van der Waals surface area contributed by atoms with E-state index >= 15 is 0 Å². The average Bonchev–Trinajstić information content (AvgIpc) is 2.37. The number of rotatable bonds is 4. The fourth-order valence-corrected chi connectivity index (χ4v) is 2.70. The second-order valence-electron chi connectivity index (χ2n) is 5.34. The fourth-order valence-electron chi connectivity index (χ4n) is 2.18. The lowest BCUT2D eigenvalue weighted by atomic mass is 9.82. The number of nitrogens with two attached hydrogens (primary N) is 1. The summed E-state index contributed by atoms with van der Waals surface area (Å²) in [6.45, 7) is 4.89. The Morgan fingerprint density at radius 2 is 2.16 bits per heavy atom. The summed E-state index contributed by atoms with van der Waals surface area (Å²) in [6, 6.07) is 5.70. The molecular weight excluding hydrogens is 280 g/mol. The molecule has 0 atom stereocenters. The molecule has 0 unspecified atom stereocenters. The first-order valence-corrected chi connectivity index (χ1v) is 7.20. The van der Waals surface area contributed by atoms with Crippen LogP contribution in [-0.2, 0) is 4.74 Å². The van der Waals surface area contributed by atoms with Gasteiger partial charge in [-0.25, -0.2) is 0 Å². The van der Waals surface area contributed by atoms with Crippen molar-refractivity contribution in [3.63, 3.8) is 0 Å². The number of ether oxygens (including phenoxy) is 1. The first kappa shape index (κ1) is 14.6. The number of benzene rings is 1. The molecule has 1 heterocycles. The van der Waals surface area contributed by atoms with Gasteiger partial charge in [0.1, 0.15) is 4.99 Å². The molecule has 0 radical (unpaired) electrons. The van der Waals surface area contributed by atoms with Crippen LogP contribution in [0.3, 0.4) is 0 Å². The zero-order valence-electron chi connectivity index (χ0n) is 11.0. The van der Waals surface area contributed by atoms with Crippen LogP contribution >= 0.6 is 23.8 Å². The van der Waals surface area contributed by atoms with Gasteiger partial charge in [0.2, 0.25) is 0 Å². The summed E-state index contributed by atoms with van der Waals surface area (Å²) in [5.74, 6) is 0. The molecule has 0 amide bonds. The van der Waals surface area contributed by atoms with Crippen LogP contribution in [0.4, 0.5) is 5.69 Å². The van der Waals surface area contributed by atoms with E-state index in [1.54, 1.807) is 0 Å². The van der Waals surface area contributed by atoms with Crippen molar-refractivity contribution < 1.29 is 4.74 Å². The normalized spacial score (nSPS) is 18.0. The minimum atomic E-state index is 0.284. The Labute approximate surface area is 124 Å². The van der Waals surface area contributed by atoms with Gasteiger partial charge in [0.25, 0.3) is 0 Å². The van der Waals surface area contributed by atoms with E-state index in [-0.39, 0.29) is 5.41 Å². The lowest BCUT2D eigenvalue weighted by Crippen LogP contribution is -2.33. The maximum absolute atomic E-state index is 6.15. The lowest BCUT2D eigenvalue weighted by molar-refractivity contribution is 0.0300. The molecule has 2 rings (SSSR count). The number of halogens is 1. The zero-order valence-corrected chi connectivity index (χ0v) is 12.6. The summed E-state index contributed by atoms with van der Waals surface area (Å²) in [5, 5.41) is 4.03. The average molecular weight is 299 g/mol. The van der Waals surface area contributed by atoms with Crippen LogP contribution in [0.25, 0.3) is 0 Å². The third-order valence-corrected chi connectivity index (χ3v) is 4.19. The highest BCUT2D eigenvalue weighted by Gasteiger charge is 2.26. The zero-order chi connectivity index (χ0) is 13.9. The van der Waals surface area contributed by atoms with Crippen molar-refractivity contribution in [2.24, 2.45) is 11.1 Å². The molecule has 1 aromatic rings. The molecule has 104 valence electrons. The molecule has 19 heavy (non-hydrogen) atoms. The van der Waals surface area contributed by atoms with E-state index in [0.29, 0.717) is 10.0 Å². The van der Waals surface area contributed by atoms with Gasteiger partial charge in [0, 0.05) is 31.0 Å². The van der Waals surface area contributed by atoms with E-state index in [1.165, 1.54) is 0 Å². The quantitative estimate of drug-likeness (QED) is 0.838. The highest BCUT2D eigenvalue weighted by Crippen LogP contribution is 2.30. The first-order valence-electron chi connectivity index (χ1n) is 6.41. The number of hydrogen-bond donors (Lipinski definition) is 2. The van der Waals surface area contributed by atoms with E-state index in [9.17, 15) is 0 Å². The topological polar surface area (TPSA) is 47.3 Å². The van der Waals surface area contributed by atoms with Crippen molar-refractivity contribution in [2.45, 2.75) is 19.8 Å². The van der Waals surface area contributed by atoms with Crippen molar-refractivity contribution in [2.75, 3.05) is 25.1 Å². The smallest absolute Gasteiger partial charge is 0.105 e. The minimum Gasteiger partial charge on any atom is -0.389 e. The molecule has 3 nitrogen and oxygen atoms in total. The summed E-state index contributed by atoms with van der Waals surface area (Å²) in [7, 11) is 0. The van der Waals surface area contributed by atoms with Gasteiger partial charge in [-0.05, 0) is 36.5 Å². The molecule has 0 aromatic heterocycles. The Bertz CT molecular complexity index is 473. The fraction of sp³-hybridized carbons (Fsp3) is 0.500. The molecule has 1 aliphatic rings. The van der Waals surface area contributed by atoms with Crippen molar-refractivity contribution in [1.29, 1.82) is 0 Å². The summed E-state index contributed by atoms with van der Waals surface area (Å²) >= 11 is 11.1. The largest absolute Gasteiger partial charge is 0.389 e. The van der Waals surface area contributed by atoms with E-state index in [0.717, 1.165) is 43.9 Å². The van der Waals surface area contributed by atoms with Crippen molar-refractivity contribution in [1.82, 2.24) is 0 Å². The molecule has 0 spiro atoms. The standard InChI is InChI=1S/C14H19ClN2OS/c1-14(4-6-18-7-5-14)9-17-10-2-3-11(13(16)19)12(15)8-10/h2-3,8,17H,4-7,9H2,1H3,(H2,16,19). The Morgan fingerprint density at radius 1 is 1.47 bits per heavy atom. The van der Waals surface area contributed by atoms with E-state index in [4.69, 9.17) is 34.3 Å². The van der Waals surface area contributed by atoms with Gasteiger partial charge in [0.05, 0.1) is 5.02 Å². The third-order valence-electron chi connectivity index (χ3n) is 3.65. The maximum atomic E-state index is 6.15. The van der Waals surface area contributed by atoms with E-state index < -0.39 is 0 Å². The van der Waals surface area contributed by atoms with Crippen molar-refractivity contribution >= 4 is 34.5 Å². The first-order chi connectivity index (χ1) is 9.00. The predicted octanol–water partition coefficient (Wildman–Crippen LogP) is 3.20. The summed E-state index contributed by atoms with van der Waals surface area (Å²) < 4.78 is 5.40. The Morgan fingerprint density at radius 3 is 2.74 bits per heavy atom. The van der Waals surface area contributed by atoms with Crippen LogP contribution in [0.5, 0.6) is 0 Å². The molecule has 1 aromatic carbocycles. The highest BCUT2D eigenvalue weighted by atomic mass is 35.5. The molecule has 1 aliphatic heterocycles. The van der Waals surface area contributed by atoms with Crippen molar-refractivity contribution in [3.05, 3.63) is 28.8 Å². The van der Waals surface area contributed by atoms with Gasteiger partial charge >= 0.3 is 0 Å². The summed E-state index contributed by atoms with van der Waals surface area (Å²) in [5.41, 5.74) is 7.59. The van der Waals surface area contributed by atoms with Gasteiger partial charge in [-0.1, -0.05) is 30.7 Å². The van der Waals surface area contributed by atoms with Crippen molar-refractivity contribution in [3.8, 4) is 0 Å². The Kier molecular flexibility index (Phi) is 4.66. The second kappa shape index (κ2) is 6.07. The molecule has 0 saturated carbocycles. The molecule has 0 aliphatic carbocycles. The SMILES string of the molecule is CC1(CNc2ccc(C(N)=S)c(Cl)c2)CCOCC1. The van der Waals surface area contributed by atoms with Crippen LogP contribution in [-0.4, -0.2) is 24.7 Å². The van der Waals surface area contributed by atoms with Gasteiger partial charge < -0.3 is 15.8 Å². The highest BCUT2D eigenvalue weighted by molar-refractivity contribution is 7.80. The third kappa shape index (κ3) is 3.81. The second-order valence-corrected chi connectivity index (χ2v) is 6.18. The van der Waals surface area contributed by atoms with Crippen LogP contribution in [0.1, 0.15) is 25.3 Å². The molecular formula is C14H19ClN2OS. The maximum Gasteiger partial charge on any atom is 0.105 e. The Balaban J connectivity index is 2.00. The molecule has 5 heteroatoms. The number of anilines is 1. The number of nitrogens with one attached hydrogen (secondary N) is 1. The van der Waals surface area contributed by atoms with Crippen LogP contribution in [0.2, 0.25) is 5.02 Å². The van der Waals surface area contributed by atoms with Crippen LogP contribution in [0.15, 0.2) is 18.2 Å². The van der Waals surface area contributed by atoms with Gasteiger partial charge in [-0.2, -0.15) is 0 Å². The molecule has 3 N–H and O–H groups in total. The number of thiocarbonyl (C=S) groups is 1. The lowest BCUT2D eigenvalue weighted by Gasteiger charge is -2.34. The van der Waals surface area contributed by atoms with Gasteiger partial charge in [-0.3, -0.25) is 0 Å². The molecule has 1 fully saturated rings. The summed E-state index contributed by atoms with van der Waals surface area (Å²) in [6.07, 6.45) is 2.16. The number of hydrogen-bond acceptors (Lipinski definition) is 3. The van der Waals surface area contributed by atoms with Crippen LogP contribution < -0.4 is 11.1 Å². The van der Waals surface area contributed by atoms with E-state index in [1.807, 2.05) is 18.2 Å². The predicted molar refractivity (Wildman–Crippen MR) is 84.0 cm³/mol. The summed E-state index contributed by atoms with van der Waals surface area (Å²) in [4.78, 5) is 0.327. The Hall–Kier alpha value is -0.840. The molecule has 0 bridgehead atoms. The van der Waals surface area contributed by atoms with Gasteiger partial charge in [-0.15, -0.1) is 0 Å². The monoisotopic (exact) mass is 298 g/mol. The minimum absolute atomic E-state index is 0.284.